The van der Waals surface area contributed by atoms with E-state index in [4.69, 9.17) is 4.74 Å². The molecule has 0 unspecified atom stereocenters. The predicted octanol–water partition coefficient (Wildman–Crippen LogP) is 3.85. The summed E-state index contributed by atoms with van der Waals surface area (Å²) in [5, 5.41) is 3.18. The van der Waals surface area contributed by atoms with Crippen LogP contribution in [0.1, 0.15) is 17.5 Å². The van der Waals surface area contributed by atoms with Crippen molar-refractivity contribution in [3.8, 4) is 17.0 Å². The van der Waals surface area contributed by atoms with Gasteiger partial charge < -0.3 is 10.1 Å². The number of anilines is 1. The summed E-state index contributed by atoms with van der Waals surface area (Å²) in [7, 11) is 0. The lowest BCUT2D eigenvalue weighted by molar-refractivity contribution is 0.311. The van der Waals surface area contributed by atoms with Crippen LogP contribution < -0.4 is 15.6 Å². The van der Waals surface area contributed by atoms with E-state index in [0.717, 1.165) is 29.7 Å². The van der Waals surface area contributed by atoms with Gasteiger partial charge in [0.25, 0.3) is 5.56 Å². The number of H-pyrrole nitrogens is 1. The lowest BCUT2D eigenvalue weighted by atomic mass is 10.1. The molecule has 156 valence electrons. The highest BCUT2D eigenvalue weighted by molar-refractivity contribution is 5.59. The Hall–Kier alpha value is -4.00. The van der Waals surface area contributed by atoms with Crippen molar-refractivity contribution >= 4 is 5.95 Å². The summed E-state index contributed by atoms with van der Waals surface area (Å²) < 4.78 is 5.89. The predicted molar refractivity (Wildman–Crippen MR) is 120 cm³/mol. The van der Waals surface area contributed by atoms with Crippen LogP contribution in [-0.4, -0.2) is 26.5 Å². The first-order chi connectivity index (χ1) is 15.3. The number of aryl methyl sites for hydroxylation is 1. The fraction of sp³-hybridized carbons (Fsp3) is 0.167. The van der Waals surface area contributed by atoms with Crippen molar-refractivity contribution in [2.75, 3.05) is 11.9 Å². The molecule has 0 saturated carbocycles. The second-order valence-corrected chi connectivity index (χ2v) is 7.02. The van der Waals surface area contributed by atoms with Gasteiger partial charge in [0, 0.05) is 43.0 Å². The van der Waals surface area contributed by atoms with Gasteiger partial charge in [-0.25, -0.2) is 4.98 Å². The molecule has 7 heteroatoms. The van der Waals surface area contributed by atoms with Gasteiger partial charge in [-0.1, -0.05) is 12.1 Å². The molecule has 4 rings (SSSR count). The molecule has 7 nitrogen and oxygen atoms in total. The molecule has 0 aliphatic rings. The molecular formula is C24H23N5O2. The zero-order valence-electron chi connectivity index (χ0n) is 17.0. The average molecular weight is 413 g/mol. The molecule has 0 spiro atoms. The van der Waals surface area contributed by atoms with Crippen molar-refractivity contribution in [2.24, 2.45) is 0 Å². The number of hydrogen-bond acceptors (Lipinski definition) is 6. The zero-order valence-corrected chi connectivity index (χ0v) is 17.0. The quantitative estimate of drug-likeness (QED) is 0.405. The number of aromatic nitrogens is 4. The molecular weight excluding hydrogens is 390 g/mol. The molecule has 0 atom stereocenters. The van der Waals surface area contributed by atoms with Crippen LogP contribution in [0.3, 0.4) is 0 Å². The van der Waals surface area contributed by atoms with Gasteiger partial charge in [0.1, 0.15) is 5.75 Å². The largest absolute Gasteiger partial charge is 0.494 e. The Balaban J connectivity index is 1.33. The highest BCUT2D eigenvalue weighted by Gasteiger charge is 2.05. The molecule has 0 aliphatic carbocycles. The SMILES string of the molecule is O=c1cc(-c2ccncc2)nc(NCc2cccc(OCCCc3ccncc3)c2)[nH]1. The summed E-state index contributed by atoms with van der Waals surface area (Å²) in [5.41, 5.74) is 3.51. The molecule has 31 heavy (non-hydrogen) atoms. The first-order valence-corrected chi connectivity index (χ1v) is 10.1. The van der Waals surface area contributed by atoms with Crippen LogP contribution in [0.5, 0.6) is 5.75 Å². The van der Waals surface area contributed by atoms with Crippen molar-refractivity contribution in [1.29, 1.82) is 0 Å². The number of nitrogens with one attached hydrogen (secondary N) is 2. The van der Waals surface area contributed by atoms with Gasteiger partial charge in [-0.3, -0.25) is 19.7 Å². The van der Waals surface area contributed by atoms with E-state index in [1.165, 1.54) is 11.6 Å². The molecule has 0 bridgehead atoms. The number of pyridine rings is 2. The fourth-order valence-corrected chi connectivity index (χ4v) is 3.16. The zero-order chi connectivity index (χ0) is 21.3. The minimum atomic E-state index is -0.212. The number of rotatable bonds is 9. The summed E-state index contributed by atoms with van der Waals surface area (Å²) in [4.78, 5) is 27.3. The molecule has 1 aromatic carbocycles. The molecule has 3 aromatic heterocycles. The number of nitrogens with zero attached hydrogens (tertiary/aromatic N) is 3. The van der Waals surface area contributed by atoms with Crippen LogP contribution in [-0.2, 0) is 13.0 Å². The van der Waals surface area contributed by atoms with Crippen LogP contribution in [0.25, 0.3) is 11.3 Å². The van der Waals surface area contributed by atoms with E-state index in [9.17, 15) is 4.79 Å². The van der Waals surface area contributed by atoms with E-state index in [1.807, 2.05) is 60.9 Å². The first-order valence-electron chi connectivity index (χ1n) is 10.1. The Morgan fingerprint density at radius 2 is 1.68 bits per heavy atom. The Kier molecular flexibility index (Phi) is 6.64. The van der Waals surface area contributed by atoms with Crippen molar-refractivity contribution in [3.05, 3.63) is 101 Å². The molecule has 0 fully saturated rings. The third kappa shape index (κ3) is 5.99. The van der Waals surface area contributed by atoms with Crippen LogP contribution >= 0.6 is 0 Å². The fourth-order valence-electron chi connectivity index (χ4n) is 3.16. The molecule has 4 aromatic rings. The van der Waals surface area contributed by atoms with Gasteiger partial charge >= 0.3 is 0 Å². The third-order valence-electron chi connectivity index (χ3n) is 4.70. The van der Waals surface area contributed by atoms with E-state index in [-0.39, 0.29) is 5.56 Å². The highest BCUT2D eigenvalue weighted by atomic mass is 16.5. The van der Waals surface area contributed by atoms with E-state index in [2.05, 4.69) is 25.3 Å². The van der Waals surface area contributed by atoms with Crippen molar-refractivity contribution < 1.29 is 4.74 Å². The second kappa shape index (κ2) is 10.2. The summed E-state index contributed by atoms with van der Waals surface area (Å²) in [6, 6.07) is 17.1. The Labute approximate surface area is 180 Å². The third-order valence-corrected chi connectivity index (χ3v) is 4.70. The van der Waals surface area contributed by atoms with E-state index < -0.39 is 0 Å². The number of hydrogen-bond donors (Lipinski definition) is 2. The minimum Gasteiger partial charge on any atom is -0.494 e. The second-order valence-electron chi connectivity index (χ2n) is 7.02. The molecule has 0 saturated heterocycles. The van der Waals surface area contributed by atoms with Gasteiger partial charge in [0.2, 0.25) is 5.95 Å². The summed E-state index contributed by atoms with van der Waals surface area (Å²) in [5.74, 6) is 1.24. The molecule has 3 heterocycles. The highest BCUT2D eigenvalue weighted by Crippen LogP contribution is 2.17. The summed E-state index contributed by atoms with van der Waals surface area (Å²) in [6.45, 7) is 1.15. The molecule has 2 N–H and O–H groups in total. The maximum Gasteiger partial charge on any atom is 0.252 e. The van der Waals surface area contributed by atoms with Gasteiger partial charge in [0.15, 0.2) is 0 Å². The monoisotopic (exact) mass is 413 g/mol. The lowest BCUT2D eigenvalue weighted by Crippen LogP contribution is -2.12. The van der Waals surface area contributed by atoms with Crippen LogP contribution in [0.15, 0.2) is 84.2 Å². The van der Waals surface area contributed by atoms with E-state index in [0.29, 0.717) is 24.8 Å². The van der Waals surface area contributed by atoms with Crippen molar-refractivity contribution in [2.45, 2.75) is 19.4 Å². The minimum absolute atomic E-state index is 0.212. The lowest BCUT2D eigenvalue weighted by Gasteiger charge is -2.10. The van der Waals surface area contributed by atoms with Crippen LogP contribution in [0, 0.1) is 0 Å². The molecule has 0 amide bonds. The summed E-state index contributed by atoms with van der Waals surface area (Å²) in [6.07, 6.45) is 8.85. The molecule has 0 aliphatic heterocycles. The maximum atomic E-state index is 12.0. The van der Waals surface area contributed by atoms with Crippen LogP contribution in [0.4, 0.5) is 5.95 Å². The smallest absolute Gasteiger partial charge is 0.252 e. The summed E-state index contributed by atoms with van der Waals surface area (Å²) >= 11 is 0. The Morgan fingerprint density at radius 1 is 0.903 bits per heavy atom. The Morgan fingerprint density at radius 3 is 2.48 bits per heavy atom. The van der Waals surface area contributed by atoms with Crippen molar-refractivity contribution in [3.63, 3.8) is 0 Å². The van der Waals surface area contributed by atoms with Crippen LogP contribution in [0.2, 0.25) is 0 Å². The first kappa shape index (κ1) is 20.3. The maximum absolute atomic E-state index is 12.0. The van der Waals surface area contributed by atoms with Gasteiger partial charge in [-0.15, -0.1) is 0 Å². The topological polar surface area (TPSA) is 92.8 Å². The van der Waals surface area contributed by atoms with Gasteiger partial charge in [0.05, 0.1) is 12.3 Å². The number of aromatic amines is 1. The average Bonchev–Trinajstić information content (AvgIpc) is 2.82. The number of benzene rings is 1. The van der Waals surface area contributed by atoms with E-state index >= 15 is 0 Å². The Bertz CT molecular complexity index is 1160. The van der Waals surface area contributed by atoms with Crippen molar-refractivity contribution in [1.82, 2.24) is 19.9 Å². The van der Waals surface area contributed by atoms with Gasteiger partial charge in [-0.05, 0) is 60.4 Å². The number of ether oxygens (including phenoxy) is 1. The molecule has 0 radical (unpaired) electrons. The van der Waals surface area contributed by atoms with Gasteiger partial charge in [-0.2, -0.15) is 0 Å². The standard InChI is InChI=1S/C24H23N5O2/c30-23-16-22(20-8-12-26-13-9-20)28-24(29-23)27-17-19-3-1-5-21(15-19)31-14-2-4-18-6-10-25-11-7-18/h1,3,5-13,15-16H,2,4,14,17H2,(H2,27,28,29,30). The van der Waals surface area contributed by atoms with E-state index in [1.54, 1.807) is 12.4 Å². The normalized spacial score (nSPS) is 10.6.